The van der Waals surface area contributed by atoms with Crippen molar-refractivity contribution < 1.29 is 9.47 Å². The molecule has 1 aromatic rings. The first kappa shape index (κ1) is 19.1. The Hall–Kier alpha value is -1.28. The fraction of sp³-hybridized carbons (Fsp3) is 0.636. The van der Waals surface area contributed by atoms with Crippen molar-refractivity contribution in [2.75, 3.05) is 13.2 Å². The molecule has 2 rings (SSSR count). The van der Waals surface area contributed by atoms with Gasteiger partial charge in [0.2, 0.25) is 0 Å². The Kier molecular flexibility index (Phi) is 8.38. The summed E-state index contributed by atoms with van der Waals surface area (Å²) in [7, 11) is 0. The van der Waals surface area contributed by atoms with Crippen LogP contribution in [0.3, 0.4) is 0 Å². The van der Waals surface area contributed by atoms with Gasteiger partial charge in [0.15, 0.2) is 0 Å². The zero-order valence-electron chi connectivity index (χ0n) is 15.4. The van der Waals surface area contributed by atoms with Gasteiger partial charge in [-0.3, -0.25) is 0 Å². The van der Waals surface area contributed by atoms with Crippen LogP contribution in [0.1, 0.15) is 70.3 Å². The predicted octanol–water partition coefficient (Wildman–Crippen LogP) is 6.09. The summed E-state index contributed by atoms with van der Waals surface area (Å²) >= 11 is 0. The van der Waals surface area contributed by atoms with E-state index in [0.29, 0.717) is 6.61 Å². The van der Waals surface area contributed by atoms with Gasteiger partial charge in [-0.25, -0.2) is 0 Å². The van der Waals surface area contributed by atoms with Crippen LogP contribution in [-0.4, -0.2) is 18.8 Å². The lowest BCUT2D eigenvalue weighted by Crippen LogP contribution is -2.16. The number of aryl methyl sites for hydroxylation is 1. The molecule has 0 saturated carbocycles. The van der Waals surface area contributed by atoms with Crippen molar-refractivity contribution in [1.82, 2.24) is 0 Å². The summed E-state index contributed by atoms with van der Waals surface area (Å²) in [5.41, 5.74) is 1.35. The van der Waals surface area contributed by atoms with Crippen LogP contribution in [0, 0.1) is 0 Å². The summed E-state index contributed by atoms with van der Waals surface area (Å²) in [5, 5.41) is 0. The quantitative estimate of drug-likeness (QED) is 0.234. The van der Waals surface area contributed by atoms with Gasteiger partial charge in [0.05, 0.1) is 6.61 Å². The fourth-order valence-corrected chi connectivity index (χ4v) is 2.91. The van der Waals surface area contributed by atoms with Crippen LogP contribution < -0.4 is 4.74 Å². The highest BCUT2D eigenvalue weighted by molar-refractivity contribution is 5.28. The highest BCUT2D eigenvalue weighted by Gasteiger charge is 2.40. The number of hydrogen-bond acceptors (Lipinski definition) is 2. The molecule has 0 N–H and O–H groups in total. The zero-order chi connectivity index (χ0) is 17.1. The van der Waals surface area contributed by atoms with Crippen LogP contribution in [0.5, 0.6) is 5.75 Å². The minimum Gasteiger partial charge on any atom is -0.490 e. The van der Waals surface area contributed by atoms with Crippen LogP contribution in [0.4, 0.5) is 0 Å². The van der Waals surface area contributed by atoms with E-state index in [-0.39, 0.29) is 5.60 Å². The number of benzene rings is 1. The first-order valence-corrected chi connectivity index (χ1v) is 9.68. The van der Waals surface area contributed by atoms with Gasteiger partial charge in [-0.05, 0) is 50.3 Å². The molecule has 1 aliphatic rings. The standard InChI is InChI=1S/C22H34O2/c1-3-4-5-6-7-8-9-10-11-12-14-20-15-13-16-21(17-20)23-18-22(2)19-24-22/h3,13,15-17H,1,4-12,14,18-19H2,2H3. The van der Waals surface area contributed by atoms with E-state index in [1.165, 1.54) is 63.4 Å². The molecule has 24 heavy (non-hydrogen) atoms. The Morgan fingerprint density at radius 2 is 1.75 bits per heavy atom. The summed E-state index contributed by atoms with van der Waals surface area (Å²) in [6, 6.07) is 8.54. The second-order valence-electron chi connectivity index (χ2n) is 7.33. The normalized spacial score (nSPS) is 19.2. The fourth-order valence-electron chi connectivity index (χ4n) is 2.91. The molecule has 0 spiro atoms. The van der Waals surface area contributed by atoms with Crippen LogP contribution >= 0.6 is 0 Å². The molecule has 0 aromatic heterocycles. The van der Waals surface area contributed by atoms with Crippen LogP contribution in [0.15, 0.2) is 36.9 Å². The molecule has 0 bridgehead atoms. The summed E-state index contributed by atoms with van der Waals surface area (Å²) in [6.45, 7) is 7.34. The average Bonchev–Trinajstić information content (AvgIpc) is 3.33. The first-order chi connectivity index (χ1) is 11.7. The van der Waals surface area contributed by atoms with Crippen LogP contribution in [-0.2, 0) is 11.2 Å². The number of unbranched alkanes of at least 4 members (excludes halogenated alkanes) is 8. The Labute approximate surface area is 148 Å². The molecule has 134 valence electrons. The van der Waals surface area contributed by atoms with Crippen molar-refractivity contribution in [3.63, 3.8) is 0 Å². The van der Waals surface area contributed by atoms with Crippen molar-refractivity contribution in [2.24, 2.45) is 0 Å². The van der Waals surface area contributed by atoms with Gasteiger partial charge in [0, 0.05) is 0 Å². The third-order valence-electron chi connectivity index (χ3n) is 4.70. The largest absolute Gasteiger partial charge is 0.490 e. The minimum absolute atomic E-state index is 0.0400. The van der Waals surface area contributed by atoms with E-state index in [0.717, 1.165) is 18.8 Å². The van der Waals surface area contributed by atoms with Crippen molar-refractivity contribution in [3.05, 3.63) is 42.5 Å². The van der Waals surface area contributed by atoms with Gasteiger partial charge >= 0.3 is 0 Å². The van der Waals surface area contributed by atoms with Gasteiger partial charge in [0.1, 0.15) is 18.0 Å². The lowest BCUT2D eigenvalue weighted by Gasteiger charge is -2.10. The lowest BCUT2D eigenvalue weighted by molar-refractivity contribution is 0.202. The maximum absolute atomic E-state index is 5.84. The number of hydrogen-bond donors (Lipinski definition) is 0. The van der Waals surface area contributed by atoms with Crippen LogP contribution in [0.2, 0.25) is 0 Å². The second kappa shape index (κ2) is 10.6. The summed E-state index contributed by atoms with van der Waals surface area (Å²) < 4.78 is 11.2. The van der Waals surface area contributed by atoms with Crippen molar-refractivity contribution in [3.8, 4) is 5.75 Å². The number of ether oxygens (including phenoxy) is 2. The maximum Gasteiger partial charge on any atom is 0.123 e. The molecule has 1 saturated heterocycles. The molecule has 2 heteroatoms. The maximum atomic E-state index is 5.84. The van der Waals surface area contributed by atoms with E-state index in [9.17, 15) is 0 Å². The van der Waals surface area contributed by atoms with Crippen molar-refractivity contribution in [1.29, 1.82) is 0 Å². The number of allylic oxidation sites excluding steroid dienone is 1. The lowest BCUT2D eigenvalue weighted by atomic mass is 10.0. The Bertz CT molecular complexity index is 477. The van der Waals surface area contributed by atoms with Crippen LogP contribution in [0.25, 0.3) is 0 Å². The molecule has 1 aromatic carbocycles. The van der Waals surface area contributed by atoms with Gasteiger partial charge in [0.25, 0.3) is 0 Å². The molecular weight excluding hydrogens is 296 g/mol. The number of epoxide rings is 1. The van der Waals surface area contributed by atoms with Gasteiger partial charge in [-0.2, -0.15) is 0 Å². The highest BCUT2D eigenvalue weighted by Crippen LogP contribution is 2.27. The minimum atomic E-state index is -0.0400. The molecule has 2 nitrogen and oxygen atoms in total. The van der Waals surface area contributed by atoms with E-state index in [1.807, 2.05) is 12.1 Å². The first-order valence-electron chi connectivity index (χ1n) is 9.68. The molecule has 0 aliphatic carbocycles. The molecular formula is C22H34O2. The van der Waals surface area contributed by atoms with E-state index in [1.54, 1.807) is 0 Å². The molecule has 1 heterocycles. The van der Waals surface area contributed by atoms with E-state index in [2.05, 4.69) is 31.7 Å². The van der Waals surface area contributed by atoms with Gasteiger partial charge < -0.3 is 9.47 Å². The third-order valence-corrected chi connectivity index (χ3v) is 4.70. The van der Waals surface area contributed by atoms with E-state index in [4.69, 9.17) is 9.47 Å². The molecule has 0 amide bonds. The summed E-state index contributed by atoms with van der Waals surface area (Å²) in [4.78, 5) is 0. The Morgan fingerprint density at radius 1 is 1.08 bits per heavy atom. The van der Waals surface area contributed by atoms with E-state index >= 15 is 0 Å². The monoisotopic (exact) mass is 330 g/mol. The van der Waals surface area contributed by atoms with Gasteiger partial charge in [-0.1, -0.05) is 56.7 Å². The molecule has 1 aliphatic heterocycles. The summed E-state index contributed by atoms with van der Waals surface area (Å²) in [6.07, 6.45) is 15.2. The number of rotatable bonds is 14. The highest BCUT2D eigenvalue weighted by atomic mass is 16.6. The average molecular weight is 331 g/mol. The third kappa shape index (κ3) is 8.01. The molecule has 1 unspecified atom stereocenters. The SMILES string of the molecule is C=CCCCCCCCCCCc1cccc(OCC2(C)CO2)c1. The topological polar surface area (TPSA) is 21.8 Å². The van der Waals surface area contributed by atoms with E-state index < -0.39 is 0 Å². The van der Waals surface area contributed by atoms with Gasteiger partial charge in [-0.15, -0.1) is 6.58 Å². The Balaban J connectivity index is 1.50. The van der Waals surface area contributed by atoms with Crippen molar-refractivity contribution >= 4 is 0 Å². The zero-order valence-corrected chi connectivity index (χ0v) is 15.4. The molecule has 1 fully saturated rings. The molecule has 0 radical (unpaired) electrons. The Morgan fingerprint density at radius 3 is 2.42 bits per heavy atom. The predicted molar refractivity (Wildman–Crippen MR) is 102 cm³/mol. The summed E-state index contributed by atoms with van der Waals surface area (Å²) in [5.74, 6) is 0.976. The second-order valence-corrected chi connectivity index (χ2v) is 7.33. The molecule has 1 atom stereocenters. The smallest absolute Gasteiger partial charge is 0.123 e. The van der Waals surface area contributed by atoms with Crippen molar-refractivity contribution in [2.45, 2.75) is 76.7 Å².